The lowest BCUT2D eigenvalue weighted by molar-refractivity contribution is 0.942. The van der Waals surface area contributed by atoms with Crippen LogP contribution in [-0.2, 0) is 0 Å². The maximum Gasteiger partial charge on any atom is 0.0767 e. The van der Waals surface area contributed by atoms with Crippen molar-refractivity contribution in [2.24, 2.45) is 0 Å². The van der Waals surface area contributed by atoms with Crippen LogP contribution in [-0.4, -0.2) is 0 Å². The molecule has 0 amide bonds. The lowest BCUT2D eigenvalue weighted by Gasteiger charge is -2.22. The van der Waals surface area contributed by atoms with Gasteiger partial charge in [0.1, 0.15) is 0 Å². The molecule has 0 saturated carbocycles. The van der Waals surface area contributed by atoms with Crippen molar-refractivity contribution in [3.05, 3.63) is 114 Å². The van der Waals surface area contributed by atoms with Gasteiger partial charge < -0.3 is 5.32 Å². The van der Waals surface area contributed by atoms with Crippen molar-refractivity contribution < 1.29 is 0 Å². The number of rotatable bonds is 4. The van der Waals surface area contributed by atoms with Crippen LogP contribution in [0.1, 0.15) is 17.2 Å². The molecule has 0 radical (unpaired) electrons. The second-order valence-electron chi connectivity index (χ2n) is 5.93. The molecule has 0 bridgehead atoms. The molecule has 4 aromatic carbocycles. The molecule has 0 aliphatic carbocycles. The molecule has 0 fully saturated rings. The predicted molar refractivity (Wildman–Crippen MR) is 102 cm³/mol. The van der Waals surface area contributed by atoms with Gasteiger partial charge in [-0.1, -0.05) is 97.1 Å². The summed E-state index contributed by atoms with van der Waals surface area (Å²) in [5, 5.41) is 6.25. The molecule has 0 aliphatic heterocycles. The Morgan fingerprint density at radius 2 is 1.04 bits per heavy atom. The molecule has 116 valence electrons. The molecule has 0 unspecified atom stereocenters. The van der Waals surface area contributed by atoms with Crippen molar-refractivity contribution in [2.75, 3.05) is 5.32 Å². The van der Waals surface area contributed by atoms with Gasteiger partial charge in [0.05, 0.1) is 6.04 Å². The smallest absolute Gasteiger partial charge is 0.0767 e. The quantitative estimate of drug-likeness (QED) is 0.484. The highest BCUT2D eigenvalue weighted by Gasteiger charge is 2.14. The van der Waals surface area contributed by atoms with Crippen LogP contribution in [0.2, 0.25) is 0 Å². The first-order chi connectivity index (χ1) is 11.9. The number of fused-ring (bicyclic) bond motifs is 1. The summed E-state index contributed by atoms with van der Waals surface area (Å²) in [7, 11) is 0. The van der Waals surface area contributed by atoms with Crippen LogP contribution in [0.3, 0.4) is 0 Å². The van der Waals surface area contributed by atoms with E-state index >= 15 is 0 Å². The Kier molecular flexibility index (Phi) is 3.99. The highest BCUT2D eigenvalue weighted by atomic mass is 14.9. The van der Waals surface area contributed by atoms with Gasteiger partial charge in [0.15, 0.2) is 0 Å². The summed E-state index contributed by atoms with van der Waals surface area (Å²) in [5.74, 6) is 0. The maximum absolute atomic E-state index is 3.75. The van der Waals surface area contributed by atoms with Crippen molar-refractivity contribution in [3.8, 4) is 0 Å². The van der Waals surface area contributed by atoms with E-state index in [0.717, 1.165) is 5.69 Å². The fraction of sp³-hybridized carbons (Fsp3) is 0.0435. The van der Waals surface area contributed by atoms with E-state index in [-0.39, 0.29) is 6.04 Å². The third-order valence-corrected chi connectivity index (χ3v) is 4.36. The first kappa shape index (κ1) is 14.5. The Morgan fingerprint density at radius 1 is 0.500 bits per heavy atom. The molecule has 1 heteroatoms. The second-order valence-corrected chi connectivity index (χ2v) is 5.93. The van der Waals surface area contributed by atoms with Crippen LogP contribution in [0, 0.1) is 0 Å². The Morgan fingerprint density at radius 3 is 1.71 bits per heavy atom. The Bertz CT molecular complexity index is 885. The summed E-state index contributed by atoms with van der Waals surface area (Å²) < 4.78 is 0. The van der Waals surface area contributed by atoms with Gasteiger partial charge in [-0.3, -0.25) is 0 Å². The third-order valence-electron chi connectivity index (χ3n) is 4.36. The van der Waals surface area contributed by atoms with Gasteiger partial charge in [0.2, 0.25) is 0 Å². The zero-order valence-electron chi connectivity index (χ0n) is 13.4. The minimum Gasteiger partial charge on any atom is -0.374 e. The van der Waals surface area contributed by atoms with Crippen LogP contribution in [0.15, 0.2) is 103 Å². The monoisotopic (exact) mass is 309 g/mol. The molecular formula is C23H19N. The van der Waals surface area contributed by atoms with Crippen LogP contribution >= 0.6 is 0 Å². The van der Waals surface area contributed by atoms with E-state index in [0.29, 0.717) is 0 Å². The van der Waals surface area contributed by atoms with Gasteiger partial charge in [0, 0.05) is 11.1 Å². The SMILES string of the molecule is c1ccc(C(Nc2cccc3ccccc23)c2ccccc2)cc1. The van der Waals surface area contributed by atoms with Crippen LogP contribution < -0.4 is 5.32 Å². The third kappa shape index (κ3) is 2.89. The zero-order chi connectivity index (χ0) is 16.2. The number of hydrogen-bond acceptors (Lipinski definition) is 1. The van der Waals surface area contributed by atoms with E-state index < -0.39 is 0 Å². The fourth-order valence-electron chi connectivity index (χ4n) is 3.16. The van der Waals surface area contributed by atoms with Crippen LogP contribution in [0.25, 0.3) is 10.8 Å². The zero-order valence-corrected chi connectivity index (χ0v) is 13.4. The highest BCUT2D eigenvalue weighted by Crippen LogP contribution is 2.30. The number of benzene rings is 4. The first-order valence-electron chi connectivity index (χ1n) is 8.26. The first-order valence-corrected chi connectivity index (χ1v) is 8.26. The summed E-state index contributed by atoms with van der Waals surface area (Å²) in [6.07, 6.45) is 0. The van der Waals surface area contributed by atoms with E-state index in [1.54, 1.807) is 0 Å². The van der Waals surface area contributed by atoms with Gasteiger partial charge in [-0.25, -0.2) is 0 Å². The van der Waals surface area contributed by atoms with Crippen molar-refractivity contribution >= 4 is 16.5 Å². The van der Waals surface area contributed by atoms with Crippen molar-refractivity contribution in [1.82, 2.24) is 0 Å². The van der Waals surface area contributed by atoms with E-state index in [1.807, 2.05) is 0 Å². The van der Waals surface area contributed by atoms with Gasteiger partial charge in [-0.2, -0.15) is 0 Å². The summed E-state index contributed by atoms with van der Waals surface area (Å²) in [6.45, 7) is 0. The fourth-order valence-corrected chi connectivity index (χ4v) is 3.16. The van der Waals surface area contributed by atoms with Crippen LogP contribution in [0.4, 0.5) is 5.69 Å². The van der Waals surface area contributed by atoms with Crippen LogP contribution in [0.5, 0.6) is 0 Å². The molecule has 4 aromatic rings. The summed E-state index contributed by atoms with van der Waals surface area (Å²) >= 11 is 0. The highest BCUT2D eigenvalue weighted by molar-refractivity contribution is 5.94. The normalized spacial score (nSPS) is 10.9. The van der Waals surface area contributed by atoms with E-state index in [9.17, 15) is 0 Å². The Labute approximate surface area is 142 Å². The molecule has 0 saturated heterocycles. The lowest BCUT2D eigenvalue weighted by atomic mass is 9.97. The lowest BCUT2D eigenvalue weighted by Crippen LogP contribution is -2.12. The van der Waals surface area contributed by atoms with Gasteiger partial charge in [-0.05, 0) is 22.6 Å². The van der Waals surface area contributed by atoms with Gasteiger partial charge >= 0.3 is 0 Å². The Hall–Kier alpha value is -3.06. The molecule has 24 heavy (non-hydrogen) atoms. The number of hydrogen-bond donors (Lipinski definition) is 1. The van der Waals surface area contributed by atoms with E-state index in [4.69, 9.17) is 0 Å². The summed E-state index contributed by atoms with van der Waals surface area (Å²) in [5.41, 5.74) is 3.68. The molecule has 0 aromatic heterocycles. The van der Waals surface area contributed by atoms with Crippen molar-refractivity contribution in [3.63, 3.8) is 0 Å². The summed E-state index contributed by atoms with van der Waals surface area (Å²) in [6, 6.07) is 36.2. The summed E-state index contributed by atoms with van der Waals surface area (Å²) in [4.78, 5) is 0. The molecule has 1 nitrogen and oxygen atoms in total. The molecule has 0 spiro atoms. The average molecular weight is 309 g/mol. The van der Waals surface area contributed by atoms with Gasteiger partial charge in [0.25, 0.3) is 0 Å². The van der Waals surface area contributed by atoms with Crippen molar-refractivity contribution in [1.29, 1.82) is 0 Å². The van der Waals surface area contributed by atoms with E-state index in [1.165, 1.54) is 21.9 Å². The standard InChI is InChI=1S/C23H19N/c1-3-11-19(12-4-1)23(20-13-5-2-6-14-20)24-22-17-9-15-18-10-7-8-16-21(18)22/h1-17,23-24H. The molecule has 0 heterocycles. The van der Waals surface area contributed by atoms with Gasteiger partial charge in [-0.15, -0.1) is 0 Å². The molecular weight excluding hydrogens is 290 g/mol. The largest absolute Gasteiger partial charge is 0.374 e. The minimum absolute atomic E-state index is 0.123. The topological polar surface area (TPSA) is 12.0 Å². The Balaban J connectivity index is 1.80. The number of nitrogens with one attached hydrogen (secondary N) is 1. The average Bonchev–Trinajstić information content (AvgIpc) is 2.67. The molecule has 0 atom stereocenters. The maximum atomic E-state index is 3.75. The van der Waals surface area contributed by atoms with Crippen molar-refractivity contribution in [2.45, 2.75) is 6.04 Å². The minimum atomic E-state index is 0.123. The predicted octanol–water partition coefficient (Wildman–Crippen LogP) is 6.04. The second kappa shape index (κ2) is 6.59. The van der Waals surface area contributed by atoms with E-state index in [2.05, 4.69) is 108 Å². The number of anilines is 1. The molecule has 0 aliphatic rings. The molecule has 4 rings (SSSR count). The molecule has 1 N–H and O–H groups in total.